The van der Waals surface area contributed by atoms with Gasteiger partial charge in [-0.2, -0.15) is 0 Å². The number of benzene rings is 1. The van der Waals surface area contributed by atoms with Crippen molar-refractivity contribution in [3.05, 3.63) is 40.9 Å². The number of hydrogen-bond acceptors (Lipinski definition) is 1. The molecule has 0 N–H and O–H groups in total. The van der Waals surface area contributed by atoms with Crippen LogP contribution in [-0.2, 0) is 4.74 Å². The molecule has 0 aromatic heterocycles. The maximum Gasteiger partial charge on any atom is 0.0994 e. The summed E-state index contributed by atoms with van der Waals surface area (Å²) in [7, 11) is 0. The number of rotatable bonds is 2. The molecule has 0 radical (unpaired) electrons. The zero-order chi connectivity index (χ0) is 8.39. The van der Waals surface area contributed by atoms with E-state index in [0.717, 1.165) is 17.2 Å². The van der Waals surface area contributed by atoms with Crippen LogP contribution in [0.3, 0.4) is 0 Å². The van der Waals surface area contributed by atoms with Gasteiger partial charge in [0, 0.05) is 5.02 Å². The van der Waals surface area contributed by atoms with Crippen LogP contribution in [-0.4, -0.2) is 12.7 Å². The van der Waals surface area contributed by atoms with E-state index < -0.39 is 0 Å². The first-order valence-corrected chi connectivity index (χ1v) is 4.28. The van der Waals surface area contributed by atoms with E-state index in [4.69, 9.17) is 16.3 Å². The molecule has 1 fully saturated rings. The van der Waals surface area contributed by atoms with Gasteiger partial charge < -0.3 is 4.74 Å². The van der Waals surface area contributed by atoms with Gasteiger partial charge in [-0.15, -0.1) is 0 Å². The van der Waals surface area contributed by atoms with E-state index in [0.29, 0.717) is 6.10 Å². The Balaban J connectivity index is 2.15. The maximum atomic E-state index is 5.94. The molecule has 1 aliphatic heterocycles. The Morgan fingerprint density at radius 3 is 2.83 bits per heavy atom. The summed E-state index contributed by atoms with van der Waals surface area (Å²) < 4.78 is 5.04. The Bertz CT molecular complexity index is 302. The van der Waals surface area contributed by atoms with Crippen LogP contribution in [0.25, 0.3) is 6.08 Å². The minimum Gasteiger partial charge on any atom is -0.369 e. The highest BCUT2D eigenvalue weighted by molar-refractivity contribution is 6.32. The van der Waals surface area contributed by atoms with Crippen molar-refractivity contribution in [3.63, 3.8) is 0 Å². The smallest absolute Gasteiger partial charge is 0.0994 e. The molecule has 1 saturated heterocycles. The molecule has 0 saturated carbocycles. The topological polar surface area (TPSA) is 12.5 Å². The average Bonchev–Trinajstić information content (AvgIpc) is 2.86. The van der Waals surface area contributed by atoms with Gasteiger partial charge in [0.1, 0.15) is 0 Å². The molecule has 1 atom stereocenters. The molecule has 1 unspecified atom stereocenters. The second-order valence-corrected chi connectivity index (χ2v) is 3.16. The molecule has 0 amide bonds. The molecular formula is C10H9ClO. The van der Waals surface area contributed by atoms with Crippen molar-refractivity contribution in [2.75, 3.05) is 6.61 Å². The quantitative estimate of drug-likeness (QED) is 0.638. The minimum absolute atomic E-state index is 0.321. The lowest BCUT2D eigenvalue weighted by Gasteiger charge is -1.94. The molecule has 62 valence electrons. The lowest BCUT2D eigenvalue weighted by Crippen LogP contribution is -1.76. The fourth-order valence-electron chi connectivity index (χ4n) is 0.988. The number of halogens is 1. The van der Waals surface area contributed by atoms with E-state index in [1.807, 2.05) is 36.4 Å². The summed E-state index contributed by atoms with van der Waals surface area (Å²) >= 11 is 5.94. The Hall–Kier alpha value is -0.790. The van der Waals surface area contributed by atoms with Crippen LogP contribution >= 0.6 is 11.6 Å². The van der Waals surface area contributed by atoms with Gasteiger partial charge >= 0.3 is 0 Å². The van der Waals surface area contributed by atoms with Crippen molar-refractivity contribution in [2.45, 2.75) is 6.10 Å². The van der Waals surface area contributed by atoms with Crippen molar-refractivity contribution in [3.8, 4) is 0 Å². The Morgan fingerprint density at radius 1 is 1.42 bits per heavy atom. The lowest BCUT2D eigenvalue weighted by molar-refractivity contribution is 0.440. The first-order chi connectivity index (χ1) is 5.86. The van der Waals surface area contributed by atoms with Crippen molar-refractivity contribution in [1.29, 1.82) is 0 Å². The van der Waals surface area contributed by atoms with Crippen LogP contribution in [0, 0.1) is 0 Å². The Labute approximate surface area is 76.6 Å². The monoisotopic (exact) mass is 180 g/mol. The predicted molar refractivity (Wildman–Crippen MR) is 50.2 cm³/mol. The van der Waals surface area contributed by atoms with Gasteiger partial charge in [0.25, 0.3) is 0 Å². The second-order valence-electron chi connectivity index (χ2n) is 2.75. The summed E-state index contributed by atoms with van der Waals surface area (Å²) in [6, 6.07) is 7.77. The second kappa shape index (κ2) is 3.30. The van der Waals surface area contributed by atoms with Crippen LogP contribution in [0.2, 0.25) is 5.02 Å². The molecule has 0 aliphatic carbocycles. The first kappa shape index (κ1) is 7.84. The van der Waals surface area contributed by atoms with E-state index >= 15 is 0 Å². The van der Waals surface area contributed by atoms with Crippen molar-refractivity contribution >= 4 is 17.7 Å². The molecular weight excluding hydrogens is 172 g/mol. The molecule has 0 spiro atoms. The molecule has 2 heteroatoms. The zero-order valence-electron chi connectivity index (χ0n) is 6.53. The van der Waals surface area contributed by atoms with Gasteiger partial charge in [-0.1, -0.05) is 42.0 Å². The third kappa shape index (κ3) is 1.87. The SMILES string of the molecule is Clc1ccccc1/C=C/C1CO1. The fourth-order valence-corrected chi connectivity index (χ4v) is 1.19. The van der Waals surface area contributed by atoms with Crippen LogP contribution in [0.5, 0.6) is 0 Å². The van der Waals surface area contributed by atoms with E-state index in [9.17, 15) is 0 Å². The van der Waals surface area contributed by atoms with E-state index in [-0.39, 0.29) is 0 Å². The van der Waals surface area contributed by atoms with Crippen LogP contribution in [0.4, 0.5) is 0 Å². The molecule has 2 rings (SSSR count). The highest BCUT2D eigenvalue weighted by Crippen LogP contribution is 2.18. The summed E-state index contributed by atoms with van der Waals surface area (Å²) in [6.45, 7) is 0.848. The third-order valence-corrected chi connectivity index (χ3v) is 2.10. The zero-order valence-corrected chi connectivity index (χ0v) is 7.29. The predicted octanol–water partition coefficient (Wildman–Crippen LogP) is 2.75. The average molecular weight is 181 g/mol. The van der Waals surface area contributed by atoms with Crippen LogP contribution in [0.1, 0.15) is 5.56 Å². The van der Waals surface area contributed by atoms with Crippen LogP contribution in [0.15, 0.2) is 30.3 Å². The Morgan fingerprint density at radius 2 is 2.17 bits per heavy atom. The molecule has 12 heavy (non-hydrogen) atoms. The van der Waals surface area contributed by atoms with Crippen molar-refractivity contribution < 1.29 is 4.74 Å². The number of ether oxygens (including phenoxy) is 1. The van der Waals surface area contributed by atoms with Gasteiger partial charge in [-0.25, -0.2) is 0 Å². The maximum absolute atomic E-state index is 5.94. The van der Waals surface area contributed by atoms with Gasteiger partial charge in [-0.3, -0.25) is 0 Å². The largest absolute Gasteiger partial charge is 0.369 e. The fraction of sp³-hybridized carbons (Fsp3) is 0.200. The van der Waals surface area contributed by atoms with Gasteiger partial charge in [0.15, 0.2) is 0 Å². The molecule has 1 aromatic rings. The highest BCUT2D eigenvalue weighted by atomic mass is 35.5. The Kier molecular flexibility index (Phi) is 2.15. The van der Waals surface area contributed by atoms with Crippen molar-refractivity contribution in [2.24, 2.45) is 0 Å². The summed E-state index contributed by atoms with van der Waals surface area (Å²) in [6.07, 6.45) is 4.35. The normalized spacial score (nSPS) is 21.6. The summed E-state index contributed by atoms with van der Waals surface area (Å²) in [4.78, 5) is 0. The number of epoxide rings is 1. The number of hydrogen-bond donors (Lipinski definition) is 0. The first-order valence-electron chi connectivity index (χ1n) is 3.90. The molecule has 0 bridgehead atoms. The standard InChI is InChI=1S/C10H9ClO/c11-10-4-2-1-3-8(10)5-6-9-7-12-9/h1-6,9H,7H2/b6-5+. The third-order valence-electron chi connectivity index (χ3n) is 1.75. The van der Waals surface area contributed by atoms with Gasteiger partial charge in [0.05, 0.1) is 12.7 Å². The lowest BCUT2D eigenvalue weighted by atomic mass is 10.2. The molecule has 1 aliphatic rings. The van der Waals surface area contributed by atoms with Gasteiger partial charge in [0.2, 0.25) is 0 Å². The van der Waals surface area contributed by atoms with Crippen molar-refractivity contribution in [1.82, 2.24) is 0 Å². The van der Waals surface area contributed by atoms with E-state index in [2.05, 4.69) is 0 Å². The molecule has 1 nitrogen and oxygen atoms in total. The summed E-state index contributed by atoms with van der Waals surface area (Å²) in [5, 5.41) is 0.786. The van der Waals surface area contributed by atoms with E-state index in [1.54, 1.807) is 0 Å². The summed E-state index contributed by atoms with van der Waals surface area (Å²) in [5.41, 5.74) is 1.05. The minimum atomic E-state index is 0.321. The molecule has 1 aromatic carbocycles. The molecule has 1 heterocycles. The summed E-state index contributed by atoms with van der Waals surface area (Å²) in [5.74, 6) is 0. The van der Waals surface area contributed by atoms with E-state index in [1.165, 1.54) is 0 Å². The van der Waals surface area contributed by atoms with Gasteiger partial charge in [-0.05, 0) is 11.6 Å². The highest BCUT2D eigenvalue weighted by Gasteiger charge is 2.17. The van der Waals surface area contributed by atoms with Crippen LogP contribution < -0.4 is 0 Å².